The van der Waals surface area contributed by atoms with E-state index in [1.807, 2.05) is 4.72 Å². The Balaban J connectivity index is 2.87. The maximum absolute atomic E-state index is 13.4. The van der Waals surface area contributed by atoms with Crippen molar-refractivity contribution in [3.05, 3.63) is 29.8 Å². The van der Waals surface area contributed by atoms with Crippen molar-refractivity contribution in [2.45, 2.75) is 24.7 Å². The van der Waals surface area contributed by atoms with Gasteiger partial charge in [0, 0.05) is 12.6 Å². The van der Waals surface area contributed by atoms with Crippen LogP contribution in [0.4, 0.5) is 8.78 Å². The molecule has 0 heterocycles. The summed E-state index contributed by atoms with van der Waals surface area (Å²) in [7, 11) is -4.21. The normalized spacial score (nSPS) is 13.2. The van der Waals surface area contributed by atoms with Gasteiger partial charge in [0.25, 0.3) is 0 Å². The van der Waals surface area contributed by atoms with E-state index in [9.17, 15) is 22.0 Å². The molecular formula is C12H15F2NO4S. The first-order chi connectivity index (χ1) is 9.27. The highest BCUT2D eigenvalue weighted by Gasteiger charge is 2.23. The van der Waals surface area contributed by atoms with E-state index >= 15 is 0 Å². The summed E-state index contributed by atoms with van der Waals surface area (Å²) < 4.78 is 51.8. The smallest absolute Gasteiger partial charge is 0.307 e. The highest BCUT2D eigenvalue weighted by molar-refractivity contribution is 7.89. The third-order valence-electron chi connectivity index (χ3n) is 2.69. The van der Waals surface area contributed by atoms with Gasteiger partial charge in [-0.1, -0.05) is 13.3 Å². The molecule has 0 radical (unpaired) electrons. The van der Waals surface area contributed by atoms with Crippen molar-refractivity contribution in [2.75, 3.05) is 6.54 Å². The van der Waals surface area contributed by atoms with Gasteiger partial charge in [-0.25, -0.2) is 21.9 Å². The van der Waals surface area contributed by atoms with Crippen molar-refractivity contribution in [2.24, 2.45) is 5.92 Å². The third kappa shape index (κ3) is 4.24. The van der Waals surface area contributed by atoms with Gasteiger partial charge in [0.05, 0.1) is 5.92 Å². The summed E-state index contributed by atoms with van der Waals surface area (Å²) in [6, 6.07) is 2.07. The van der Waals surface area contributed by atoms with Gasteiger partial charge < -0.3 is 5.11 Å². The molecule has 1 unspecified atom stereocenters. The molecule has 0 aliphatic heterocycles. The van der Waals surface area contributed by atoms with E-state index in [1.54, 1.807) is 6.92 Å². The number of aliphatic carboxylic acids is 1. The van der Waals surface area contributed by atoms with Crippen molar-refractivity contribution in [1.82, 2.24) is 4.72 Å². The fourth-order valence-electron chi connectivity index (χ4n) is 1.64. The van der Waals surface area contributed by atoms with Crippen LogP contribution in [0.1, 0.15) is 19.8 Å². The molecule has 2 N–H and O–H groups in total. The second-order valence-electron chi connectivity index (χ2n) is 4.25. The van der Waals surface area contributed by atoms with Crippen LogP contribution in [-0.4, -0.2) is 26.0 Å². The molecule has 0 aromatic heterocycles. The van der Waals surface area contributed by atoms with Crippen molar-refractivity contribution in [1.29, 1.82) is 0 Å². The summed E-state index contributed by atoms with van der Waals surface area (Å²) in [6.45, 7) is 1.42. The quantitative estimate of drug-likeness (QED) is 0.804. The van der Waals surface area contributed by atoms with Crippen LogP contribution in [0.25, 0.3) is 0 Å². The fourth-order valence-corrected chi connectivity index (χ4v) is 2.78. The standard InChI is InChI=1S/C12H15F2NO4S/c1-2-3-8(12(16)17)7-15-20(18,19)11-5-4-9(13)6-10(11)14/h4-6,8,15H,2-3,7H2,1H3,(H,16,17). The lowest BCUT2D eigenvalue weighted by Gasteiger charge is -2.13. The molecule has 0 saturated carbocycles. The zero-order valence-corrected chi connectivity index (χ0v) is 11.6. The van der Waals surface area contributed by atoms with Gasteiger partial charge in [-0.2, -0.15) is 0 Å². The highest BCUT2D eigenvalue weighted by Crippen LogP contribution is 2.16. The zero-order valence-electron chi connectivity index (χ0n) is 10.8. The van der Waals surface area contributed by atoms with Gasteiger partial charge in [-0.15, -0.1) is 0 Å². The molecule has 0 bridgehead atoms. The Hall–Kier alpha value is -1.54. The van der Waals surface area contributed by atoms with E-state index in [0.717, 1.165) is 12.1 Å². The lowest BCUT2D eigenvalue weighted by atomic mass is 10.1. The molecule has 0 amide bonds. The largest absolute Gasteiger partial charge is 0.481 e. The Morgan fingerprint density at radius 1 is 1.40 bits per heavy atom. The van der Waals surface area contributed by atoms with Crippen LogP contribution >= 0.6 is 0 Å². The molecule has 8 heteroatoms. The maximum Gasteiger partial charge on any atom is 0.307 e. The summed E-state index contributed by atoms with van der Waals surface area (Å²) >= 11 is 0. The number of carboxylic acids is 1. The predicted molar refractivity (Wildman–Crippen MR) is 67.6 cm³/mol. The molecule has 0 spiro atoms. The van der Waals surface area contributed by atoms with Gasteiger partial charge in [0.2, 0.25) is 10.0 Å². The molecule has 0 aliphatic rings. The number of benzene rings is 1. The molecule has 0 aliphatic carbocycles. The average Bonchev–Trinajstić information content (AvgIpc) is 2.33. The number of hydrogen-bond donors (Lipinski definition) is 2. The van der Waals surface area contributed by atoms with Gasteiger partial charge in [0.15, 0.2) is 0 Å². The van der Waals surface area contributed by atoms with Crippen LogP contribution in [-0.2, 0) is 14.8 Å². The van der Waals surface area contributed by atoms with Crippen molar-refractivity contribution < 1.29 is 27.1 Å². The van der Waals surface area contributed by atoms with E-state index in [-0.39, 0.29) is 6.54 Å². The Labute approximate surface area is 115 Å². The average molecular weight is 307 g/mol. The minimum atomic E-state index is -4.21. The van der Waals surface area contributed by atoms with E-state index in [1.165, 1.54) is 0 Å². The Morgan fingerprint density at radius 3 is 2.55 bits per heavy atom. The molecule has 0 saturated heterocycles. The van der Waals surface area contributed by atoms with Crippen molar-refractivity contribution >= 4 is 16.0 Å². The molecule has 1 rings (SSSR count). The van der Waals surface area contributed by atoms with E-state index < -0.39 is 38.4 Å². The SMILES string of the molecule is CCCC(CNS(=O)(=O)c1ccc(F)cc1F)C(=O)O. The second-order valence-corrected chi connectivity index (χ2v) is 5.99. The minimum absolute atomic E-state index is 0.295. The van der Waals surface area contributed by atoms with Gasteiger partial charge in [-0.05, 0) is 18.6 Å². The first-order valence-corrected chi connectivity index (χ1v) is 7.43. The molecule has 1 atom stereocenters. The summed E-state index contributed by atoms with van der Waals surface area (Å²) in [4.78, 5) is 10.2. The molecule has 112 valence electrons. The lowest BCUT2D eigenvalue weighted by Crippen LogP contribution is -2.33. The molecular weight excluding hydrogens is 292 g/mol. The molecule has 1 aromatic carbocycles. The van der Waals surface area contributed by atoms with Crippen LogP contribution in [0.3, 0.4) is 0 Å². The van der Waals surface area contributed by atoms with Crippen LogP contribution in [0, 0.1) is 17.6 Å². The predicted octanol–water partition coefficient (Wildman–Crippen LogP) is 1.74. The highest BCUT2D eigenvalue weighted by atomic mass is 32.2. The van der Waals surface area contributed by atoms with Gasteiger partial charge >= 0.3 is 5.97 Å². The number of rotatable bonds is 7. The van der Waals surface area contributed by atoms with E-state index in [2.05, 4.69) is 0 Å². The monoisotopic (exact) mass is 307 g/mol. The number of hydrogen-bond acceptors (Lipinski definition) is 3. The van der Waals surface area contributed by atoms with Crippen molar-refractivity contribution in [3.8, 4) is 0 Å². The Bertz CT molecular complexity index is 589. The molecule has 5 nitrogen and oxygen atoms in total. The summed E-state index contributed by atoms with van der Waals surface area (Å²) in [5, 5.41) is 8.90. The van der Waals surface area contributed by atoms with Crippen LogP contribution in [0.5, 0.6) is 0 Å². The first kappa shape index (κ1) is 16.5. The summed E-state index contributed by atoms with van der Waals surface area (Å²) in [6.07, 6.45) is 0.868. The number of halogens is 2. The second kappa shape index (κ2) is 6.76. The van der Waals surface area contributed by atoms with Gasteiger partial charge in [-0.3, -0.25) is 4.79 Å². The Morgan fingerprint density at radius 2 is 2.05 bits per heavy atom. The topological polar surface area (TPSA) is 83.5 Å². The van der Waals surface area contributed by atoms with Gasteiger partial charge in [0.1, 0.15) is 16.5 Å². The number of sulfonamides is 1. The lowest BCUT2D eigenvalue weighted by molar-refractivity contribution is -0.141. The van der Waals surface area contributed by atoms with E-state index in [4.69, 9.17) is 5.11 Å². The number of carboxylic acid groups (broad SMARTS) is 1. The number of nitrogens with one attached hydrogen (secondary N) is 1. The fraction of sp³-hybridized carbons (Fsp3) is 0.417. The van der Waals surface area contributed by atoms with Crippen molar-refractivity contribution in [3.63, 3.8) is 0 Å². The van der Waals surface area contributed by atoms with Crippen LogP contribution < -0.4 is 4.72 Å². The van der Waals surface area contributed by atoms with Crippen LogP contribution in [0.15, 0.2) is 23.1 Å². The summed E-state index contributed by atoms with van der Waals surface area (Å²) in [5.41, 5.74) is 0. The Kier molecular flexibility index (Phi) is 5.58. The minimum Gasteiger partial charge on any atom is -0.481 e. The van der Waals surface area contributed by atoms with E-state index in [0.29, 0.717) is 18.9 Å². The molecule has 20 heavy (non-hydrogen) atoms. The molecule has 0 fully saturated rings. The van der Waals surface area contributed by atoms with Crippen LogP contribution in [0.2, 0.25) is 0 Å². The first-order valence-electron chi connectivity index (χ1n) is 5.95. The number of carbonyl (C=O) groups is 1. The zero-order chi connectivity index (χ0) is 15.3. The third-order valence-corrected chi connectivity index (χ3v) is 4.15. The molecule has 1 aromatic rings. The summed E-state index contributed by atoms with van der Waals surface area (Å²) in [5.74, 6) is -4.14. The maximum atomic E-state index is 13.4.